The summed E-state index contributed by atoms with van der Waals surface area (Å²) in [7, 11) is 1.29. The molecule has 2 aromatic rings. The number of anilines is 1. The molecule has 29 heavy (non-hydrogen) atoms. The number of aryl methyl sites for hydroxylation is 1. The van der Waals surface area contributed by atoms with Gasteiger partial charge < -0.3 is 4.74 Å². The number of hydrogen-bond acceptors (Lipinski definition) is 6. The lowest BCUT2D eigenvalue weighted by molar-refractivity contribution is -0.385. The molecule has 3 rings (SSSR count). The molecule has 1 heterocycles. The minimum absolute atomic E-state index is 0.0303. The van der Waals surface area contributed by atoms with Crippen molar-refractivity contribution < 1.29 is 24.0 Å². The van der Waals surface area contributed by atoms with Gasteiger partial charge in [0.05, 0.1) is 17.7 Å². The lowest BCUT2D eigenvalue weighted by atomic mass is 10.1. The highest BCUT2D eigenvalue weighted by atomic mass is 35.5. The molecule has 0 saturated carbocycles. The van der Waals surface area contributed by atoms with Gasteiger partial charge in [0.25, 0.3) is 11.8 Å². The van der Waals surface area contributed by atoms with Gasteiger partial charge in [0.1, 0.15) is 5.57 Å². The first-order valence-electron chi connectivity index (χ1n) is 8.23. The number of nitro groups is 1. The molecule has 1 fully saturated rings. The fourth-order valence-corrected chi connectivity index (χ4v) is 2.89. The third-order valence-electron chi connectivity index (χ3n) is 4.23. The van der Waals surface area contributed by atoms with Gasteiger partial charge in [-0.15, -0.1) is 0 Å². The molecule has 0 unspecified atom stereocenters. The molecule has 0 aliphatic carbocycles. The number of amides is 4. The number of ether oxygens (including phenoxy) is 1. The van der Waals surface area contributed by atoms with E-state index in [2.05, 4.69) is 5.32 Å². The van der Waals surface area contributed by atoms with Crippen molar-refractivity contribution in [2.75, 3.05) is 12.0 Å². The number of carbonyl (C=O) groups is 3. The van der Waals surface area contributed by atoms with Crippen LogP contribution in [-0.4, -0.2) is 29.9 Å². The Balaban J connectivity index is 2.04. The van der Waals surface area contributed by atoms with Crippen LogP contribution in [-0.2, 0) is 9.59 Å². The molecule has 4 amide bonds. The highest BCUT2D eigenvalue weighted by Gasteiger charge is 2.37. The Hall–Kier alpha value is -3.72. The Morgan fingerprint density at radius 1 is 1.17 bits per heavy atom. The minimum Gasteiger partial charge on any atom is -0.490 e. The number of rotatable bonds is 4. The number of methoxy groups -OCH3 is 1. The molecule has 0 aromatic heterocycles. The van der Waals surface area contributed by atoms with E-state index in [4.69, 9.17) is 16.3 Å². The van der Waals surface area contributed by atoms with Crippen molar-refractivity contribution in [2.45, 2.75) is 6.92 Å². The number of carbonyl (C=O) groups excluding carboxylic acids is 3. The smallest absolute Gasteiger partial charge is 0.335 e. The number of nitro benzene ring substituents is 1. The third-order valence-corrected chi connectivity index (χ3v) is 4.63. The van der Waals surface area contributed by atoms with Crippen LogP contribution in [0.2, 0.25) is 5.02 Å². The fourth-order valence-electron chi connectivity index (χ4n) is 2.72. The first kappa shape index (κ1) is 20.0. The van der Waals surface area contributed by atoms with Crippen LogP contribution in [0.25, 0.3) is 6.08 Å². The highest BCUT2D eigenvalue weighted by molar-refractivity contribution is 6.39. The van der Waals surface area contributed by atoms with Crippen molar-refractivity contribution in [3.63, 3.8) is 0 Å². The van der Waals surface area contributed by atoms with Gasteiger partial charge in [-0.1, -0.05) is 23.7 Å². The zero-order valence-corrected chi connectivity index (χ0v) is 16.0. The predicted octanol–water partition coefficient (Wildman–Crippen LogP) is 3.23. The Bertz CT molecular complexity index is 1100. The molecule has 10 heteroatoms. The number of hydrogen-bond donors (Lipinski definition) is 1. The summed E-state index contributed by atoms with van der Waals surface area (Å²) in [5.41, 5.74) is 0.455. The van der Waals surface area contributed by atoms with Crippen molar-refractivity contribution >= 4 is 46.9 Å². The van der Waals surface area contributed by atoms with Crippen LogP contribution in [0, 0.1) is 17.0 Å². The predicted molar refractivity (Wildman–Crippen MR) is 105 cm³/mol. The number of urea groups is 1. The summed E-state index contributed by atoms with van der Waals surface area (Å²) >= 11 is 6.07. The van der Waals surface area contributed by atoms with Crippen LogP contribution in [0.1, 0.15) is 11.1 Å². The lowest BCUT2D eigenvalue weighted by Crippen LogP contribution is -2.54. The van der Waals surface area contributed by atoms with Crippen LogP contribution in [0.15, 0.2) is 42.0 Å². The molecule has 148 valence electrons. The number of benzene rings is 2. The van der Waals surface area contributed by atoms with Crippen molar-refractivity contribution in [3.8, 4) is 5.75 Å². The van der Waals surface area contributed by atoms with E-state index in [0.29, 0.717) is 5.02 Å². The summed E-state index contributed by atoms with van der Waals surface area (Å²) in [5, 5.41) is 13.6. The molecule has 1 aliphatic heterocycles. The Morgan fingerprint density at radius 3 is 2.52 bits per heavy atom. The normalized spacial score (nSPS) is 15.5. The van der Waals surface area contributed by atoms with Crippen LogP contribution in [0.4, 0.5) is 16.2 Å². The molecule has 9 nitrogen and oxygen atoms in total. The molecule has 2 aromatic carbocycles. The zero-order chi connectivity index (χ0) is 21.3. The molecule has 0 spiro atoms. The van der Waals surface area contributed by atoms with Crippen LogP contribution in [0.5, 0.6) is 5.75 Å². The second-order valence-corrected chi connectivity index (χ2v) is 6.49. The van der Waals surface area contributed by atoms with Gasteiger partial charge in [-0.05, 0) is 42.3 Å². The Morgan fingerprint density at radius 2 is 1.90 bits per heavy atom. The van der Waals surface area contributed by atoms with Gasteiger partial charge in [0, 0.05) is 11.1 Å². The van der Waals surface area contributed by atoms with Gasteiger partial charge in [-0.3, -0.25) is 25.0 Å². The molecule has 0 atom stereocenters. The van der Waals surface area contributed by atoms with E-state index >= 15 is 0 Å². The van der Waals surface area contributed by atoms with Crippen LogP contribution < -0.4 is 15.0 Å². The number of nitrogens with one attached hydrogen (secondary N) is 1. The Kier molecular flexibility index (Phi) is 5.33. The maximum atomic E-state index is 12.9. The summed E-state index contributed by atoms with van der Waals surface area (Å²) in [6.07, 6.45) is 1.17. The number of nitrogens with zero attached hydrogens (tertiary/aromatic N) is 2. The van der Waals surface area contributed by atoms with E-state index in [0.717, 1.165) is 16.5 Å². The van der Waals surface area contributed by atoms with E-state index in [9.17, 15) is 24.5 Å². The molecule has 0 bridgehead atoms. The molecule has 1 saturated heterocycles. The largest absolute Gasteiger partial charge is 0.490 e. The maximum Gasteiger partial charge on any atom is 0.335 e. The van der Waals surface area contributed by atoms with Crippen LogP contribution >= 0.6 is 11.6 Å². The maximum absolute atomic E-state index is 12.9. The van der Waals surface area contributed by atoms with Crippen molar-refractivity contribution in [2.24, 2.45) is 0 Å². The standard InChI is InChI=1S/C19H14ClN3O6/c1-10-3-5-12(9-14(10)20)22-18(25)13(17(24)21-19(22)26)7-11-4-6-16(29-2)15(8-11)23(27)28/h3-9H,1-2H3,(H,21,24,26). The topological polar surface area (TPSA) is 119 Å². The molecule has 1 aliphatic rings. The summed E-state index contributed by atoms with van der Waals surface area (Å²) in [6.45, 7) is 1.76. The van der Waals surface area contributed by atoms with Gasteiger partial charge in [0.2, 0.25) is 0 Å². The average molecular weight is 416 g/mol. The van der Waals surface area contributed by atoms with E-state index in [1.807, 2.05) is 0 Å². The van der Waals surface area contributed by atoms with Gasteiger partial charge in [0.15, 0.2) is 5.75 Å². The average Bonchev–Trinajstić information content (AvgIpc) is 2.67. The van der Waals surface area contributed by atoms with E-state index < -0.39 is 22.8 Å². The van der Waals surface area contributed by atoms with E-state index in [-0.39, 0.29) is 28.3 Å². The second kappa shape index (κ2) is 7.72. The molecule has 0 radical (unpaired) electrons. The third kappa shape index (κ3) is 3.81. The van der Waals surface area contributed by atoms with Crippen LogP contribution in [0.3, 0.4) is 0 Å². The number of barbiturate groups is 1. The first-order valence-corrected chi connectivity index (χ1v) is 8.60. The molecule has 1 N–H and O–H groups in total. The zero-order valence-electron chi connectivity index (χ0n) is 15.3. The summed E-state index contributed by atoms with van der Waals surface area (Å²) in [4.78, 5) is 48.6. The summed E-state index contributed by atoms with van der Waals surface area (Å²) in [5.74, 6) is -1.76. The highest BCUT2D eigenvalue weighted by Crippen LogP contribution is 2.30. The number of imide groups is 2. The SMILES string of the molecule is COc1ccc(C=C2C(=O)NC(=O)N(c3ccc(C)c(Cl)c3)C2=O)cc1[N+](=O)[O-]. The van der Waals surface area contributed by atoms with Crippen molar-refractivity contribution in [1.82, 2.24) is 5.32 Å². The molecular formula is C19H14ClN3O6. The minimum atomic E-state index is -0.919. The second-order valence-electron chi connectivity index (χ2n) is 6.08. The van der Waals surface area contributed by atoms with Gasteiger partial charge in [-0.25, -0.2) is 9.69 Å². The summed E-state index contributed by atoms with van der Waals surface area (Å²) < 4.78 is 4.93. The quantitative estimate of drug-likeness (QED) is 0.354. The summed E-state index contributed by atoms with van der Waals surface area (Å²) in [6, 6.07) is 7.62. The Labute approximate surface area is 169 Å². The lowest BCUT2D eigenvalue weighted by Gasteiger charge is -2.26. The van der Waals surface area contributed by atoms with Crippen molar-refractivity contribution in [1.29, 1.82) is 0 Å². The molecular weight excluding hydrogens is 402 g/mol. The van der Waals surface area contributed by atoms with E-state index in [1.54, 1.807) is 13.0 Å². The van der Waals surface area contributed by atoms with Gasteiger partial charge in [-0.2, -0.15) is 0 Å². The first-order chi connectivity index (χ1) is 13.7. The monoisotopic (exact) mass is 415 g/mol. The van der Waals surface area contributed by atoms with Gasteiger partial charge >= 0.3 is 11.7 Å². The fraction of sp³-hybridized carbons (Fsp3) is 0.105. The van der Waals surface area contributed by atoms with E-state index in [1.165, 1.54) is 37.5 Å². The van der Waals surface area contributed by atoms with Crippen molar-refractivity contribution in [3.05, 3.63) is 68.2 Å². The number of halogens is 1.